The maximum absolute atomic E-state index is 13.2. The maximum Gasteiger partial charge on any atom is 0.235 e. The lowest BCUT2D eigenvalue weighted by molar-refractivity contribution is 0.555. The average molecular weight is 226 g/mol. The number of rotatable bonds is 2. The summed E-state index contributed by atoms with van der Waals surface area (Å²) < 4.78 is 13.2. The predicted molar refractivity (Wildman–Crippen MR) is 55.2 cm³/mol. The van der Waals surface area contributed by atoms with E-state index in [1.807, 2.05) is 0 Å². The number of hydrogen-bond donors (Lipinski definition) is 0. The molecule has 4 heteroatoms. The van der Waals surface area contributed by atoms with E-state index in [0.29, 0.717) is 10.6 Å². The van der Waals surface area contributed by atoms with Crippen molar-refractivity contribution < 1.29 is 9.18 Å². The van der Waals surface area contributed by atoms with Gasteiger partial charge in [-0.3, -0.25) is 0 Å². The first-order valence-corrected chi connectivity index (χ1v) is 5.02. The summed E-state index contributed by atoms with van der Waals surface area (Å²) in [5.41, 5.74) is 0.933. The molecule has 0 amide bonds. The van der Waals surface area contributed by atoms with Crippen LogP contribution < -0.4 is 0 Å². The fraction of sp³-hybridized carbons (Fsp3) is 0.364. The van der Waals surface area contributed by atoms with E-state index in [0.717, 1.165) is 18.4 Å². The van der Waals surface area contributed by atoms with Crippen LogP contribution in [0, 0.1) is 12.7 Å². The largest absolute Gasteiger partial charge is 0.235 e. The standard InChI is InChI=1S/C11H9ClFNO/c1-7-9(4-8(13)5-10(7)12)11(2-3-11)14-6-15/h4-5H,2-3H2,1H3. The second kappa shape index (κ2) is 3.44. The van der Waals surface area contributed by atoms with E-state index < -0.39 is 11.4 Å². The quantitative estimate of drug-likeness (QED) is 0.562. The van der Waals surface area contributed by atoms with Crippen molar-refractivity contribution in [3.8, 4) is 0 Å². The summed E-state index contributed by atoms with van der Waals surface area (Å²) in [7, 11) is 0. The van der Waals surface area contributed by atoms with Crippen LogP contribution in [0.2, 0.25) is 5.02 Å². The molecular weight excluding hydrogens is 217 g/mol. The molecule has 1 fully saturated rings. The molecule has 0 radical (unpaired) electrons. The summed E-state index contributed by atoms with van der Waals surface area (Å²) in [6.45, 7) is 1.80. The van der Waals surface area contributed by atoms with Crippen molar-refractivity contribution in [3.63, 3.8) is 0 Å². The van der Waals surface area contributed by atoms with Gasteiger partial charge in [-0.1, -0.05) is 11.6 Å². The Kier molecular flexibility index (Phi) is 2.37. The number of halogens is 2. The summed E-state index contributed by atoms with van der Waals surface area (Å²) >= 11 is 5.87. The summed E-state index contributed by atoms with van der Waals surface area (Å²) in [6, 6.07) is 2.66. The van der Waals surface area contributed by atoms with Gasteiger partial charge in [0.1, 0.15) is 5.82 Å². The molecule has 0 aliphatic heterocycles. The molecule has 0 aromatic heterocycles. The van der Waals surface area contributed by atoms with E-state index in [1.54, 1.807) is 13.0 Å². The normalized spacial score (nSPS) is 17.0. The van der Waals surface area contributed by atoms with Crippen LogP contribution in [0.5, 0.6) is 0 Å². The molecule has 1 aromatic rings. The first-order valence-electron chi connectivity index (χ1n) is 4.64. The van der Waals surface area contributed by atoms with E-state index in [9.17, 15) is 9.18 Å². The van der Waals surface area contributed by atoms with Crippen molar-refractivity contribution in [2.75, 3.05) is 0 Å². The molecule has 0 heterocycles. The minimum absolute atomic E-state index is 0.373. The number of carbonyl (C=O) groups excluding carboxylic acids is 1. The minimum atomic E-state index is -0.558. The van der Waals surface area contributed by atoms with Crippen LogP contribution in [-0.4, -0.2) is 6.08 Å². The third-order valence-corrected chi connectivity index (χ3v) is 3.19. The number of benzene rings is 1. The summed E-state index contributed by atoms with van der Waals surface area (Å²) in [4.78, 5) is 14.0. The molecule has 0 N–H and O–H groups in total. The van der Waals surface area contributed by atoms with Crippen LogP contribution >= 0.6 is 11.6 Å². The molecule has 0 saturated heterocycles. The van der Waals surface area contributed by atoms with Gasteiger partial charge in [-0.2, -0.15) is 4.99 Å². The zero-order valence-electron chi connectivity index (χ0n) is 8.18. The van der Waals surface area contributed by atoms with Crippen LogP contribution in [-0.2, 0) is 10.3 Å². The van der Waals surface area contributed by atoms with Crippen LogP contribution in [0.4, 0.5) is 4.39 Å². The van der Waals surface area contributed by atoms with Crippen LogP contribution in [0.25, 0.3) is 0 Å². The molecule has 0 unspecified atom stereocenters. The van der Waals surface area contributed by atoms with Gasteiger partial charge in [-0.25, -0.2) is 9.18 Å². The summed E-state index contributed by atoms with van der Waals surface area (Å²) in [5, 5.41) is 0.373. The number of hydrogen-bond acceptors (Lipinski definition) is 2. The minimum Gasteiger partial charge on any atom is -0.211 e. The third-order valence-electron chi connectivity index (χ3n) is 2.79. The van der Waals surface area contributed by atoms with Gasteiger partial charge < -0.3 is 0 Å². The highest BCUT2D eigenvalue weighted by molar-refractivity contribution is 6.31. The monoisotopic (exact) mass is 225 g/mol. The van der Waals surface area contributed by atoms with Gasteiger partial charge in [0.05, 0.1) is 5.54 Å². The van der Waals surface area contributed by atoms with E-state index >= 15 is 0 Å². The topological polar surface area (TPSA) is 29.4 Å². The Morgan fingerprint density at radius 3 is 2.73 bits per heavy atom. The molecule has 2 rings (SSSR count). The van der Waals surface area contributed by atoms with Crippen LogP contribution in [0.3, 0.4) is 0 Å². The second-order valence-electron chi connectivity index (χ2n) is 3.79. The Hall–Kier alpha value is -1.18. The highest BCUT2D eigenvalue weighted by Crippen LogP contribution is 2.51. The zero-order chi connectivity index (χ0) is 11.1. The van der Waals surface area contributed by atoms with Gasteiger partial charge in [0.15, 0.2) is 0 Å². The Morgan fingerprint density at radius 1 is 1.53 bits per heavy atom. The van der Waals surface area contributed by atoms with Crippen LogP contribution in [0.15, 0.2) is 17.1 Å². The summed E-state index contributed by atoms with van der Waals surface area (Å²) in [5.74, 6) is -0.395. The van der Waals surface area contributed by atoms with E-state index in [2.05, 4.69) is 4.99 Å². The average Bonchev–Trinajstić information content (AvgIpc) is 2.93. The number of isocyanates is 1. The first kappa shape index (κ1) is 10.3. The Morgan fingerprint density at radius 2 is 2.20 bits per heavy atom. The third kappa shape index (κ3) is 1.69. The Balaban J connectivity index is 2.57. The lowest BCUT2D eigenvalue weighted by Crippen LogP contribution is -2.06. The SMILES string of the molecule is Cc1c(Cl)cc(F)cc1C1(N=C=O)CC1. The zero-order valence-corrected chi connectivity index (χ0v) is 8.94. The van der Waals surface area contributed by atoms with Gasteiger partial charge >= 0.3 is 0 Å². The van der Waals surface area contributed by atoms with Crippen molar-refractivity contribution >= 4 is 17.7 Å². The van der Waals surface area contributed by atoms with E-state index in [-0.39, 0.29) is 0 Å². The van der Waals surface area contributed by atoms with Crippen molar-refractivity contribution in [1.29, 1.82) is 0 Å². The molecule has 1 aliphatic carbocycles. The lowest BCUT2D eigenvalue weighted by atomic mass is 9.99. The van der Waals surface area contributed by atoms with Gasteiger partial charge in [0, 0.05) is 5.02 Å². The molecule has 1 saturated carbocycles. The Labute approximate surface area is 91.8 Å². The molecular formula is C11H9ClFNO. The smallest absolute Gasteiger partial charge is 0.211 e. The molecule has 78 valence electrons. The van der Waals surface area contributed by atoms with E-state index in [4.69, 9.17) is 11.6 Å². The maximum atomic E-state index is 13.2. The molecule has 1 aromatic carbocycles. The molecule has 2 nitrogen and oxygen atoms in total. The van der Waals surface area contributed by atoms with Crippen molar-refractivity contribution in [2.45, 2.75) is 25.3 Å². The Bertz CT molecular complexity index is 462. The van der Waals surface area contributed by atoms with Crippen molar-refractivity contribution in [3.05, 3.63) is 34.1 Å². The lowest BCUT2D eigenvalue weighted by Gasteiger charge is -2.13. The van der Waals surface area contributed by atoms with Crippen molar-refractivity contribution in [2.24, 2.45) is 4.99 Å². The molecule has 15 heavy (non-hydrogen) atoms. The number of nitrogens with zero attached hydrogens (tertiary/aromatic N) is 1. The van der Waals surface area contributed by atoms with Gasteiger partial charge in [0.2, 0.25) is 6.08 Å². The highest BCUT2D eigenvalue weighted by atomic mass is 35.5. The second-order valence-corrected chi connectivity index (χ2v) is 4.20. The fourth-order valence-corrected chi connectivity index (χ4v) is 1.98. The first-order chi connectivity index (χ1) is 7.09. The summed E-state index contributed by atoms with van der Waals surface area (Å²) in [6.07, 6.45) is 3.05. The fourth-order valence-electron chi connectivity index (χ4n) is 1.78. The van der Waals surface area contributed by atoms with Gasteiger partial charge in [0.25, 0.3) is 0 Å². The van der Waals surface area contributed by atoms with E-state index in [1.165, 1.54) is 12.1 Å². The van der Waals surface area contributed by atoms with Gasteiger partial charge in [-0.15, -0.1) is 0 Å². The highest BCUT2D eigenvalue weighted by Gasteiger charge is 2.46. The van der Waals surface area contributed by atoms with Crippen molar-refractivity contribution in [1.82, 2.24) is 0 Å². The molecule has 0 atom stereocenters. The van der Waals surface area contributed by atoms with Gasteiger partial charge in [-0.05, 0) is 43.0 Å². The predicted octanol–water partition coefficient (Wildman–Crippen LogP) is 3.11. The van der Waals surface area contributed by atoms with Crippen LogP contribution in [0.1, 0.15) is 24.0 Å². The molecule has 1 aliphatic rings. The molecule has 0 spiro atoms. The molecule has 0 bridgehead atoms. The number of aliphatic imine (C=N–C) groups is 1.